The van der Waals surface area contributed by atoms with Crippen LogP contribution < -0.4 is 15.4 Å². The molecule has 0 aromatic heterocycles. The topological polar surface area (TPSA) is 50.4 Å². The number of hydrogen-bond donors (Lipinski definition) is 2. The number of ether oxygens (including phenoxy) is 1. The Balaban J connectivity index is 1.59. The maximum absolute atomic E-state index is 13.7. The molecule has 4 nitrogen and oxygen atoms in total. The molecule has 2 atom stereocenters. The van der Waals surface area contributed by atoms with E-state index in [0.29, 0.717) is 23.8 Å². The van der Waals surface area contributed by atoms with Crippen molar-refractivity contribution in [2.75, 3.05) is 19.6 Å². The van der Waals surface area contributed by atoms with E-state index in [-0.39, 0.29) is 24.0 Å². The third-order valence-electron chi connectivity index (χ3n) is 4.98. The first-order valence-electron chi connectivity index (χ1n) is 8.32. The van der Waals surface area contributed by atoms with E-state index in [1.165, 1.54) is 18.2 Å². The molecule has 0 spiro atoms. The summed E-state index contributed by atoms with van der Waals surface area (Å²) in [5.41, 5.74) is 1.44. The maximum atomic E-state index is 13.7. The minimum Gasteiger partial charge on any atom is -0.489 e. The van der Waals surface area contributed by atoms with Crippen molar-refractivity contribution in [1.82, 2.24) is 10.6 Å². The van der Waals surface area contributed by atoms with Gasteiger partial charge in [0.25, 0.3) is 5.91 Å². The molecule has 1 saturated heterocycles. The number of carbonyl (C=O) groups excluding carboxylic acids is 1. The van der Waals surface area contributed by atoms with Gasteiger partial charge >= 0.3 is 0 Å². The quantitative estimate of drug-likeness (QED) is 0.900. The summed E-state index contributed by atoms with van der Waals surface area (Å²) < 4.78 is 32.9. The second kappa shape index (κ2) is 6.44. The second-order valence-corrected chi connectivity index (χ2v) is 6.47. The van der Waals surface area contributed by atoms with Crippen LogP contribution in [0, 0.1) is 17.6 Å². The Kier molecular flexibility index (Phi) is 4.13. The van der Waals surface area contributed by atoms with Crippen LogP contribution in [0.2, 0.25) is 0 Å². The van der Waals surface area contributed by atoms with Crippen LogP contribution in [-0.4, -0.2) is 25.5 Å². The number of nitrogens with one attached hydrogen (secondary N) is 2. The van der Waals surface area contributed by atoms with Crippen molar-refractivity contribution < 1.29 is 18.3 Å². The van der Waals surface area contributed by atoms with Crippen LogP contribution in [-0.2, 0) is 6.61 Å². The lowest BCUT2D eigenvalue weighted by atomic mass is 9.87. The molecule has 2 aromatic carbocycles. The van der Waals surface area contributed by atoms with Crippen molar-refractivity contribution in [3.63, 3.8) is 0 Å². The Morgan fingerprint density at radius 2 is 1.88 bits per heavy atom. The van der Waals surface area contributed by atoms with Gasteiger partial charge in [-0.05, 0) is 35.7 Å². The van der Waals surface area contributed by atoms with Gasteiger partial charge < -0.3 is 15.4 Å². The third kappa shape index (κ3) is 2.98. The van der Waals surface area contributed by atoms with Gasteiger partial charge in [0.05, 0.1) is 5.56 Å². The summed E-state index contributed by atoms with van der Waals surface area (Å²) in [6.45, 7) is 2.14. The van der Waals surface area contributed by atoms with Gasteiger partial charge in [0, 0.05) is 31.1 Å². The van der Waals surface area contributed by atoms with E-state index >= 15 is 0 Å². The van der Waals surface area contributed by atoms with Crippen molar-refractivity contribution in [3.05, 3.63) is 64.7 Å². The maximum Gasteiger partial charge on any atom is 0.251 e. The molecule has 0 unspecified atom stereocenters. The fourth-order valence-electron chi connectivity index (χ4n) is 3.60. The molecule has 2 aliphatic heterocycles. The Morgan fingerprint density at radius 1 is 1.08 bits per heavy atom. The van der Waals surface area contributed by atoms with E-state index in [1.54, 1.807) is 12.1 Å². The van der Waals surface area contributed by atoms with Crippen LogP contribution in [0.1, 0.15) is 27.4 Å². The van der Waals surface area contributed by atoms with E-state index in [2.05, 4.69) is 10.6 Å². The number of fused-ring (bicyclic) bond motifs is 3. The smallest absolute Gasteiger partial charge is 0.251 e. The van der Waals surface area contributed by atoms with Crippen molar-refractivity contribution in [2.45, 2.75) is 12.5 Å². The number of hydrogen-bond acceptors (Lipinski definition) is 3. The summed E-state index contributed by atoms with van der Waals surface area (Å²) in [4.78, 5) is 12.4. The molecule has 2 aromatic rings. The molecular weight excluding hydrogens is 326 g/mol. The van der Waals surface area contributed by atoms with Gasteiger partial charge in [0.2, 0.25) is 0 Å². The average Bonchev–Trinajstić information content (AvgIpc) is 3.03. The predicted molar refractivity (Wildman–Crippen MR) is 88.6 cm³/mol. The lowest BCUT2D eigenvalue weighted by Gasteiger charge is -2.17. The van der Waals surface area contributed by atoms with Gasteiger partial charge in [-0.25, -0.2) is 8.78 Å². The summed E-state index contributed by atoms with van der Waals surface area (Å²) in [5.74, 6) is -0.343. The minimum absolute atomic E-state index is 0.123. The highest BCUT2D eigenvalue weighted by Gasteiger charge is 2.34. The van der Waals surface area contributed by atoms with Gasteiger partial charge in [-0.2, -0.15) is 0 Å². The van der Waals surface area contributed by atoms with Gasteiger partial charge in [0.1, 0.15) is 24.0 Å². The summed E-state index contributed by atoms with van der Waals surface area (Å²) in [6.07, 6.45) is 0. The molecule has 2 heterocycles. The zero-order valence-corrected chi connectivity index (χ0v) is 13.5. The van der Waals surface area contributed by atoms with E-state index in [9.17, 15) is 13.6 Å². The molecule has 1 amide bonds. The monoisotopic (exact) mass is 344 g/mol. The summed E-state index contributed by atoms with van der Waals surface area (Å²) in [6, 6.07) is 9.00. The zero-order chi connectivity index (χ0) is 17.4. The zero-order valence-electron chi connectivity index (χ0n) is 13.5. The molecule has 0 saturated carbocycles. The summed E-state index contributed by atoms with van der Waals surface area (Å²) in [5, 5.41) is 6.29. The Bertz CT molecular complexity index is 805. The van der Waals surface area contributed by atoms with E-state index in [4.69, 9.17) is 4.74 Å². The number of amides is 1. The first-order valence-corrected chi connectivity index (χ1v) is 8.32. The molecule has 1 fully saturated rings. The van der Waals surface area contributed by atoms with Crippen LogP contribution >= 0.6 is 0 Å². The Labute approximate surface area is 144 Å². The van der Waals surface area contributed by atoms with Gasteiger partial charge in [-0.1, -0.05) is 12.1 Å². The van der Waals surface area contributed by atoms with Crippen molar-refractivity contribution in [3.8, 4) is 5.75 Å². The third-order valence-corrected chi connectivity index (χ3v) is 4.98. The predicted octanol–water partition coefficient (Wildman–Crippen LogP) is 2.59. The van der Waals surface area contributed by atoms with Crippen LogP contribution in [0.3, 0.4) is 0 Å². The normalized spacial score (nSPS) is 21.9. The van der Waals surface area contributed by atoms with Crippen LogP contribution in [0.4, 0.5) is 8.78 Å². The Hall–Kier alpha value is -2.47. The number of benzene rings is 2. The highest BCUT2D eigenvalue weighted by Crippen LogP contribution is 2.34. The van der Waals surface area contributed by atoms with Crippen molar-refractivity contribution in [1.29, 1.82) is 0 Å². The summed E-state index contributed by atoms with van der Waals surface area (Å²) >= 11 is 0. The largest absolute Gasteiger partial charge is 0.489 e. The molecule has 6 heteroatoms. The van der Waals surface area contributed by atoms with E-state index in [1.807, 2.05) is 6.07 Å². The molecule has 0 radical (unpaired) electrons. The SMILES string of the molecule is O=C1NC[C@@H]2CNC[C@H]2c2ccc(OCc3c(F)cccc3F)cc21. The fraction of sp³-hybridized carbons (Fsp3) is 0.316. The van der Waals surface area contributed by atoms with Gasteiger partial charge in [-0.15, -0.1) is 0 Å². The van der Waals surface area contributed by atoms with E-state index < -0.39 is 11.6 Å². The van der Waals surface area contributed by atoms with Crippen LogP contribution in [0.5, 0.6) is 5.75 Å². The Morgan fingerprint density at radius 3 is 2.68 bits per heavy atom. The molecular formula is C19H18F2N2O2. The average molecular weight is 344 g/mol. The lowest BCUT2D eigenvalue weighted by molar-refractivity contribution is 0.0952. The highest BCUT2D eigenvalue weighted by molar-refractivity contribution is 5.96. The first kappa shape index (κ1) is 16.0. The molecule has 25 heavy (non-hydrogen) atoms. The fourth-order valence-corrected chi connectivity index (χ4v) is 3.60. The molecule has 4 rings (SSSR count). The summed E-state index contributed by atoms with van der Waals surface area (Å²) in [7, 11) is 0. The lowest BCUT2D eigenvalue weighted by Crippen LogP contribution is -2.28. The van der Waals surface area contributed by atoms with Crippen molar-refractivity contribution >= 4 is 5.91 Å². The second-order valence-electron chi connectivity index (χ2n) is 6.47. The number of carbonyl (C=O) groups is 1. The van der Waals surface area contributed by atoms with Crippen LogP contribution in [0.15, 0.2) is 36.4 Å². The molecule has 0 aliphatic carbocycles. The van der Waals surface area contributed by atoms with E-state index in [0.717, 1.165) is 18.7 Å². The molecule has 2 aliphatic rings. The minimum atomic E-state index is -0.646. The molecule has 2 N–H and O–H groups in total. The highest BCUT2D eigenvalue weighted by atomic mass is 19.1. The molecule has 0 bridgehead atoms. The van der Waals surface area contributed by atoms with Gasteiger partial charge in [-0.3, -0.25) is 4.79 Å². The standard InChI is InChI=1S/C19H18F2N2O2/c20-17-2-1-3-18(21)16(17)10-25-12-4-5-13-14(6-12)19(24)23-8-11-7-22-9-15(11)13/h1-6,11,15,22H,7-10H2,(H,23,24)/t11-,15+/m0/s1. The van der Waals surface area contributed by atoms with Crippen LogP contribution in [0.25, 0.3) is 0 Å². The van der Waals surface area contributed by atoms with Crippen molar-refractivity contribution in [2.24, 2.45) is 5.92 Å². The number of rotatable bonds is 3. The van der Waals surface area contributed by atoms with Gasteiger partial charge in [0.15, 0.2) is 0 Å². The molecule has 130 valence electrons. The first-order chi connectivity index (χ1) is 12.1. The number of halogens is 2.